The lowest BCUT2D eigenvalue weighted by Gasteiger charge is -2.42. The van der Waals surface area contributed by atoms with Crippen molar-refractivity contribution in [2.24, 2.45) is 0 Å². The van der Waals surface area contributed by atoms with Crippen LogP contribution in [-0.2, 0) is 5.41 Å². The Morgan fingerprint density at radius 1 is 1.32 bits per heavy atom. The minimum absolute atomic E-state index is 0.0423. The van der Waals surface area contributed by atoms with Crippen LogP contribution in [-0.4, -0.2) is 30.7 Å². The predicted octanol–water partition coefficient (Wildman–Crippen LogP) is 4.83. The number of carbonyl (C=O) groups is 1. The minimum Gasteiger partial charge on any atom is -0.495 e. The summed E-state index contributed by atoms with van der Waals surface area (Å²) >= 11 is 7.35. The molecule has 0 atom stereocenters. The zero-order valence-electron chi connectivity index (χ0n) is 15.7. The number of benzene rings is 2. The number of halogens is 1. The molecule has 0 radical (unpaired) electrons. The van der Waals surface area contributed by atoms with Crippen molar-refractivity contribution >= 4 is 35.0 Å². The Morgan fingerprint density at radius 3 is 2.50 bits per heavy atom. The number of hydrogen-bond acceptors (Lipinski definition) is 5. The maximum atomic E-state index is 12.8. The van der Waals surface area contributed by atoms with Gasteiger partial charge in [0, 0.05) is 17.0 Å². The van der Waals surface area contributed by atoms with Crippen LogP contribution in [0.2, 0.25) is 5.02 Å². The summed E-state index contributed by atoms with van der Waals surface area (Å²) in [6.07, 6.45) is 4.82. The summed E-state index contributed by atoms with van der Waals surface area (Å²) in [5.41, 5.74) is 0.753. The van der Waals surface area contributed by atoms with E-state index in [0.717, 1.165) is 24.8 Å². The van der Waals surface area contributed by atoms with Gasteiger partial charge in [0.05, 0.1) is 23.0 Å². The number of methoxy groups -OCH3 is 1. The molecule has 1 aliphatic carbocycles. The second kappa shape index (κ2) is 8.41. The van der Waals surface area contributed by atoms with E-state index in [9.17, 15) is 14.9 Å². The van der Waals surface area contributed by atoms with Gasteiger partial charge in [-0.3, -0.25) is 14.9 Å². The lowest BCUT2D eigenvalue weighted by atomic mass is 9.64. The molecule has 3 rings (SSSR count). The summed E-state index contributed by atoms with van der Waals surface area (Å²) in [6, 6.07) is 10.5. The standard InChI is InChI=1S/C20H21ClN2O4S/c1-27-17-11-16(23(25)26)15(10-18(17)28-2)19(24)22-12-20(8-3-9-20)13-4-6-14(21)7-5-13/h4-7,10-11H,3,8-9,12H2,1-2H3,(H,22,24). The average Bonchev–Trinajstić information content (AvgIpc) is 2.66. The number of carbonyl (C=O) groups excluding carboxylic acids is 1. The molecule has 1 aliphatic rings. The number of amides is 1. The Morgan fingerprint density at radius 2 is 2.00 bits per heavy atom. The van der Waals surface area contributed by atoms with Crippen LogP contribution in [0.1, 0.15) is 35.2 Å². The van der Waals surface area contributed by atoms with Gasteiger partial charge in [-0.25, -0.2) is 0 Å². The monoisotopic (exact) mass is 420 g/mol. The van der Waals surface area contributed by atoms with Crippen LogP contribution >= 0.6 is 23.4 Å². The van der Waals surface area contributed by atoms with Gasteiger partial charge in [0.15, 0.2) is 0 Å². The Balaban J connectivity index is 1.84. The van der Waals surface area contributed by atoms with Crippen LogP contribution in [0.3, 0.4) is 0 Å². The molecule has 0 aliphatic heterocycles. The number of hydrogen-bond donors (Lipinski definition) is 1. The highest BCUT2D eigenvalue weighted by Gasteiger charge is 2.39. The van der Waals surface area contributed by atoms with Crippen LogP contribution in [0, 0.1) is 10.1 Å². The van der Waals surface area contributed by atoms with Gasteiger partial charge < -0.3 is 10.1 Å². The van der Waals surface area contributed by atoms with Crippen molar-refractivity contribution in [1.82, 2.24) is 5.32 Å². The molecule has 28 heavy (non-hydrogen) atoms. The Labute approximate surface area is 172 Å². The highest BCUT2D eigenvalue weighted by Crippen LogP contribution is 2.43. The molecule has 0 heterocycles. The van der Waals surface area contributed by atoms with Crippen molar-refractivity contribution in [3.05, 3.63) is 62.7 Å². The molecule has 0 unspecified atom stereocenters. The molecule has 0 spiro atoms. The number of nitrogens with one attached hydrogen (secondary N) is 1. The van der Waals surface area contributed by atoms with Gasteiger partial charge in [-0.1, -0.05) is 30.2 Å². The van der Waals surface area contributed by atoms with Crippen LogP contribution in [0.15, 0.2) is 41.3 Å². The summed E-state index contributed by atoms with van der Waals surface area (Å²) in [5.74, 6) is -0.0720. The van der Waals surface area contributed by atoms with E-state index in [1.807, 2.05) is 30.5 Å². The van der Waals surface area contributed by atoms with Gasteiger partial charge in [-0.05, 0) is 42.9 Å². The lowest BCUT2D eigenvalue weighted by Crippen LogP contribution is -2.45. The normalized spacial score (nSPS) is 14.8. The Hall–Kier alpha value is -2.25. The maximum absolute atomic E-state index is 12.8. The second-order valence-electron chi connectivity index (χ2n) is 6.80. The SMILES string of the molecule is COc1cc([N+](=O)[O-])c(C(=O)NCC2(c3ccc(Cl)cc3)CCC2)cc1SC. The first-order chi connectivity index (χ1) is 13.4. The first-order valence-corrected chi connectivity index (χ1v) is 10.4. The molecule has 1 fully saturated rings. The summed E-state index contributed by atoms with van der Waals surface area (Å²) in [5, 5.41) is 15.0. The third-order valence-corrected chi connectivity index (χ3v) is 6.31. The van der Waals surface area contributed by atoms with E-state index >= 15 is 0 Å². The summed E-state index contributed by atoms with van der Waals surface area (Å²) < 4.78 is 5.20. The zero-order chi connectivity index (χ0) is 20.3. The predicted molar refractivity (Wildman–Crippen MR) is 111 cm³/mol. The fraction of sp³-hybridized carbons (Fsp3) is 0.350. The molecule has 2 aromatic rings. The van der Waals surface area contributed by atoms with E-state index in [1.165, 1.54) is 31.0 Å². The summed E-state index contributed by atoms with van der Waals surface area (Å²) in [4.78, 5) is 24.4. The number of nitro benzene ring substituents is 1. The first-order valence-electron chi connectivity index (χ1n) is 8.85. The molecule has 1 amide bonds. The third-order valence-electron chi connectivity index (χ3n) is 5.30. The van der Waals surface area contributed by atoms with Gasteiger partial charge in [-0.15, -0.1) is 11.8 Å². The molecule has 8 heteroatoms. The Kier molecular flexibility index (Phi) is 6.15. The van der Waals surface area contributed by atoms with Gasteiger partial charge in [0.25, 0.3) is 11.6 Å². The van der Waals surface area contributed by atoms with Crippen molar-refractivity contribution in [3.63, 3.8) is 0 Å². The van der Waals surface area contributed by atoms with E-state index in [-0.39, 0.29) is 16.7 Å². The van der Waals surface area contributed by atoms with Crippen LogP contribution < -0.4 is 10.1 Å². The van der Waals surface area contributed by atoms with E-state index in [1.54, 1.807) is 0 Å². The number of thioether (sulfide) groups is 1. The van der Waals surface area contributed by atoms with Crippen molar-refractivity contribution in [3.8, 4) is 5.75 Å². The molecule has 6 nitrogen and oxygen atoms in total. The fourth-order valence-corrected chi connectivity index (χ4v) is 4.23. The average molecular weight is 421 g/mol. The first kappa shape index (κ1) is 20.5. The van der Waals surface area contributed by atoms with Crippen LogP contribution in [0.25, 0.3) is 0 Å². The van der Waals surface area contributed by atoms with Crippen molar-refractivity contribution in [2.75, 3.05) is 19.9 Å². The highest BCUT2D eigenvalue weighted by atomic mass is 35.5. The molecular weight excluding hydrogens is 400 g/mol. The van der Waals surface area contributed by atoms with Crippen LogP contribution in [0.5, 0.6) is 5.75 Å². The largest absolute Gasteiger partial charge is 0.495 e. The summed E-state index contributed by atoms with van der Waals surface area (Å²) in [6.45, 7) is 0.422. The van der Waals surface area contributed by atoms with Crippen molar-refractivity contribution < 1.29 is 14.5 Å². The van der Waals surface area contributed by atoms with E-state index in [2.05, 4.69) is 5.32 Å². The number of nitrogens with zero attached hydrogens (tertiary/aromatic N) is 1. The third kappa shape index (κ3) is 3.95. The number of rotatable bonds is 7. The lowest BCUT2D eigenvalue weighted by molar-refractivity contribution is -0.385. The quantitative estimate of drug-likeness (QED) is 0.394. The van der Waals surface area contributed by atoms with Gasteiger partial charge >= 0.3 is 0 Å². The van der Waals surface area contributed by atoms with Crippen molar-refractivity contribution in [2.45, 2.75) is 29.6 Å². The number of nitro groups is 1. The molecule has 1 N–H and O–H groups in total. The fourth-order valence-electron chi connectivity index (χ4n) is 3.52. The van der Waals surface area contributed by atoms with Gasteiger partial charge in [0.2, 0.25) is 0 Å². The second-order valence-corrected chi connectivity index (χ2v) is 8.09. The maximum Gasteiger partial charge on any atom is 0.285 e. The smallest absolute Gasteiger partial charge is 0.285 e. The van der Waals surface area contributed by atoms with E-state index < -0.39 is 10.8 Å². The molecule has 0 bridgehead atoms. The molecular formula is C20H21ClN2O4S. The Bertz CT molecular complexity index is 898. The molecule has 0 saturated heterocycles. The molecule has 148 valence electrons. The van der Waals surface area contributed by atoms with Gasteiger partial charge in [-0.2, -0.15) is 0 Å². The number of ether oxygens (including phenoxy) is 1. The molecule has 0 aromatic heterocycles. The molecule has 2 aromatic carbocycles. The zero-order valence-corrected chi connectivity index (χ0v) is 17.2. The van der Waals surface area contributed by atoms with E-state index in [4.69, 9.17) is 16.3 Å². The van der Waals surface area contributed by atoms with Gasteiger partial charge in [0.1, 0.15) is 11.3 Å². The van der Waals surface area contributed by atoms with E-state index in [0.29, 0.717) is 22.2 Å². The highest BCUT2D eigenvalue weighted by molar-refractivity contribution is 7.98. The molecule has 1 saturated carbocycles. The van der Waals surface area contributed by atoms with Crippen molar-refractivity contribution in [1.29, 1.82) is 0 Å². The summed E-state index contributed by atoms with van der Waals surface area (Å²) in [7, 11) is 1.45. The topological polar surface area (TPSA) is 81.5 Å². The van der Waals surface area contributed by atoms with Crippen LogP contribution in [0.4, 0.5) is 5.69 Å². The minimum atomic E-state index is -0.556.